The van der Waals surface area contributed by atoms with Crippen LogP contribution in [-0.4, -0.2) is 53.2 Å². The highest BCUT2D eigenvalue weighted by Gasteiger charge is 2.33. The number of benzene rings is 1. The Balaban J connectivity index is 1.79. The molecule has 7 nitrogen and oxygen atoms in total. The smallest absolute Gasteiger partial charge is 0.213 e. The Morgan fingerprint density at radius 2 is 2.00 bits per heavy atom. The number of hydrogen-bond acceptors (Lipinski definition) is 5. The number of fused-ring (bicyclic) bond motifs is 1. The molecule has 0 radical (unpaired) electrons. The van der Waals surface area contributed by atoms with Gasteiger partial charge in [0, 0.05) is 24.8 Å². The lowest BCUT2D eigenvalue weighted by molar-refractivity contribution is 0.415. The first kappa shape index (κ1) is 17.9. The number of nitrogens with zero attached hydrogens (tertiary/aromatic N) is 4. The number of hydrogen-bond donors (Lipinski definition) is 0. The van der Waals surface area contributed by atoms with Crippen molar-refractivity contribution in [1.82, 2.24) is 18.8 Å². The topological polar surface area (TPSA) is 77.3 Å². The number of imidazole rings is 1. The van der Waals surface area contributed by atoms with Crippen molar-refractivity contribution in [1.29, 1.82) is 0 Å². The van der Waals surface area contributed by atoms with Gasteiger partial charge >= 0.3 is 0 Å². The Kier molecular flexibility index (Phi) is 4.61. The summed E-state index contributed by atoms with van der Waals surface area (Å²) in [6.07, 6.45) is 2.48. The summed E-state index contributed by atoms with van der Waals surface area (Å²) in [5.74, 6) is 1.70. The molecule has 142 valence electrons. The molecule has 1 atom stereocenters. The van der Waals surface area contributed by atoms with E-state index in [1.165, 1.54) is 0 Å². The number of rotatable bonds is 5. The Morgan fingerprint density at radius 1 is 1.22 bits per heavy atom. The molecule has 0 aliphatic carbocycles. The van der Waals surface area contributed by atoms with Crippen LogP contribution in [0.1, 0.15) is 19.4 Å². The molecule has 2 aromatic heterocycles. The molecule has 3 heterocycles. The second kappa shape index (κ2) is 6.94. The summed E-state index contributed by atoms with van der Waals surface area (Å²) in [4.78, 5) is 9.30. The molecule has 1 unspecified atom stereocenters. The van der Waals surface area contributed by atoms with Crippen molar-refractivity contribution in [3.05, 3.63) is 42.6 Å². The first-order chi connectivity index (χ1) is 13.0. The summed E-state index contributed by atoms with van der Waals surface area (Å²) in [6, 6.07) is 11.5. The SMILES string of the molecule is CCS(=O)(=O)N1CCC(n2c(-c3ccc(OC)cc3)nc3cccnc32)C1. The van der Waals surface area contributed by atoms with Crippen LogP contribution in [0.5, 0.6) is 5.75 Å². The van der Waals surface area contributed by atoms with Crippen LogP contribution in [0, 0.1) is 0 Å². The predicted molar refractivity (Wildman–Crippen MR) is 104 cm³/mol. The van der Waals surface area contributed by atoms with Gasteiger partial charge in [-0.25, -0.2) is 18.4 Å². The van der Waals surface area contributed by atoms with Crippen LogP contribution in [0.3, 0.4) is 0 Å². The molecule has 0 N–H and O–H groups in total. The van der Waals surface area contributed by atoms with Crippen LogP contribution in [0.15, 0.2) is 42.6 Å². The van der Waals surface area contributed by atoms with Crippen LogP contribution < -0.4 is 4.74 Å². The van der Waals surface area contributed by atoms with Crippen molar-refractivity contribution in [3.63, 3.8) is 0 Å². The average molecular weight is 386 g/mol. The van der Waals surface area contributed by atoms with E-state index >= 15 is 0 Å². The Labute approximate surface area is 158 Å². The second-order valence-corrected chi connectivity index (χ2v) is 8.84. The normalized spacial score (nSPS) is 18.2. The van der Waals surface area contributed by atoms with E-state index in [1.54, 1.807) is 24.5 Å². The van der Waals surface area contributed by atoms with Gasteiger partial charge in [0.25, 0.3) is 0 Å². The molecule has 0 bridgehead atoms. The molecule has 1 aliphatic heterocycles. The third-order valence-corrected chi connectivity index (χ3v) is 6.89. The van der Waals surface area contributed by atoms with E-state index in [4.69, 9.17) is 9.72 Å². The van der Waals surface area contributed by atoms with Gasteiger partial charge in [-0.05, 0) is 49.7 Å². The van der Waals surface area contributed by atoms with E-state index in [9.17, 15) is 8.42 Å². The van der Waals surface area contributed by atoms with Crippen molar-refractivity contribution in [2.75, 3.05) is 26.0 Å². The highest BCUT2D eigenvalue weighted by molar-refractivity contribution is 7.89. The zero-order valence-electron chi connectivity index (χ0n) is 15.4. The quantitative estimate of drug-likeness (QED) is 0.674. The van der Waals surface area contributed by atoms with Crippen molar-refractivity contribution < 1.29 is 13.2 Å². The van der Waals surface area contributed by atoms with E-state index in [2.05, 4.69) is 9.55 Å². The molecule has 1 aromatic carbocycles. The van der Waals surface area contributed by atoms with Crippen molar-refractivity contribution in [2.24, 2.45) is 0 Å². The lowest BCUT2D eigenvalue weighted by Crippen LogP contribution is -2.30. The second-order valence-electron chi connectivity index (χ2n) is 6.58. The Morgan fingerprint density at radius 3 is 2.70 bits per heavy atom. The van der Waals surface area contributed by atoms with E-state index in [1.807, 2.05) is 36.4 Å². The first-order valence-electron chi connectivity index (χ1n) is 8.98. The van der Waals surface area contributed by atoms with Crippen molar-refractivity contribution in [3.8, 4) is 17.1 Å². The largest absolute Gasteiger partial charge is 0.497 e. The Bertz CT molecular complexity index is 1060. The molecular formula is C19H22N4O3S. The van der Waals surface area contributed by atoms with E-state index in [0.717, 1.165) is 34.7 Å². The van der Waals surface area contributed by atoms with Gasteiger partial charge in [-0.3, -0.25) is 0 Å². The monoisotopic (exact) mass is 386 g/mol. The summed E-state index contributed by atoms with van der Waals surface area (Å²) < 4.78 is 33.5. The molecule has 0 amide bonds. The van der Waals surface area contributed by atoms with Gasteiger partial charge in [0.15, 0.2) is 5.65 Å². The van der Waals surface area contributed by atoms with Crippen LogP contribution in [0.4, 0.5) is 0 Å². The maximum absolute atomic E-state index is 12.3. The van der Waals surface area contributed by atoms with Crippen molar-refractivity contribution >= 4 is 21.2 Å². The molecule has 1 fully saturated rings. The fourth-order valence-electron chi connectivity index (χ4n) is 3.58. The zero-order valence-corrected chi connectivity index (χ0v) is 16.2. The van der Waals surface area contributed by atoms with Gasteiger partial charge in [-0.15, -0.1) is 0 Å². The minimum absolute atomic E-state index is 0.00308. The van der Waals surface area contributed by atoms with Gasteiger partial charge in [-0.2, -0.15) is 4.31 Å². The lowest BCUT2D eigenvalue weighted by Gasteiger charge is -2.18. The molecular weight excluding hydrogens is 364 g/mol. The van der Waals surface area contributed by atoms with Crippen LogP contribution in [0.2, 0.25) is 0 Å². The van der Waals surface area contributed by atoms with Gasteiger partial charge in [0.1, 0.15) is 17.1 Å². The number of ether oxygens (including phenoxy) is 1. The molecule has 4 rings (SSSR count). The van der Waals surface area contributed by atoms with E-state index in [-0.39, 0.29) is 11.8 Å². The minimum atomic E-state index is -3.20. The summed E-state index contributed by atoms with van der Waals surface area (Å²) in [6.45, 7) is 2.65. The third kappa shape index (κ3) is 3.19. The summed E-state index contributed by atoms with van der Waals surface area (Å²) in [5.41, 5.74) is 2.54. The van der Waals surface area contributed by atoms with E-state index < -0.39 is 10.0 Å². The summed E-state index contributed by atoms with van der Waals surface area (Å²) in [7, 11) is -1.56. The molecule has 8 heteroatoms. The number of aromatic nitrogens is 3. The standard InChI is InChI=1S/C19H22N4O3S/c1-3-27(24,25)22-12-10-15(13-22)23-18(14-6-8-16(26-2)9-7-14)21-17-5-4-11-20-19(17)23/h4-9,11,15H,3,10,12-13H2,1-2H3. The fourth-order valence-corrected chi connectivity index (χ4v) is 4.72. The fraction of sp³-hybridized carbons (Fsp3) is 0.368. The third-order valence-electron chi connectivity index (χ3n) is 5.05. The zero-order chi connectivity index (χ0) is 19.0. The summed E-state index contributed by atoms with van der Waals surface area (Å²) >= 11 is 0. The van der Waals surface area contributed by atoms with Crippen LogP contribution >= 0.6 is 0 Å². The maximum atomic E-state index is 12.3. The Hall–Kier alpha value is -2.45. The molecule has 27 heavy (non-hydrogen) atoms. The minimum Gasteiger partial charge on any atom is -0.497 e. The highest BCUT2D eigenvalue weighted by Crippen LogP contribution is 2.33. The number of methoxy groups -OCH3 is 1. The predicted octanol–water partition coefficient (Wildman–Crippen LogP) is 2.70. The molecule has 3 aromatic rings. The number of pyridine rings is 1. The highest BCUT2D eigenvalue weighted by atomic mass is 32.2. The van der Waals surface area contributed by atoms with Crippen LogP contribution in [-0.2, 0) is 10.0 Å². The van der Waals surface area contributed by atoms with Gasteiger partial charge < -0.3 is 9.30 Å². The van der Waals surface area contributed by atoms with Gasteiger partial charge in [0.2, 0.25) is 10.0 Å². The average Bonchev–Trinajstić information content (AvgIpc) is 3.33. The maximum Gasteiger partial charge on any atom is 0.213 e. The van der Waals surface area contributed by atoms with E-state index in [0.29, 0.717) is 13.1 Å². The first-order valence-corrected chi connectivity index (χ1v) is 10.6. The lowest BCUT2D eigenvalue weighted by atomic mass is 10.2. The molecule has 0 saturated carbocycles. The molecule has 1 aliphatic rings. The summed E-state index contributed by atoms with van der Waals surface area (Å²) in [5, 5.41) is 0. The van der Waals surface area contributed by atoms with Gasteiger partial charge in [-0.1, -0.05) is 0 Å². The van der Waals surface area contributed by atoms with Gasteiger partial charge in [0.05, 0.1) is 18.9 Å². The number of sulfonamides is 1. The van der Waals surface area contributed by atoms with Crippen LogP contribution in [0.25, 0.3) is 22.6 Å². The van der Waals surface area contributed by atoms with Crippen molar-refractivity contribution in [2.45, 2.75) is 19.4 Å². The molecule has 1 saturated heterocycles. The molecule has 0 spiro atoms.